The van der Waals surface area contributed by atoms with Crippen molar-refractivity contribution in [1.82, 2.24) is 5.32 Å². The second-order valence-electron chi connectivity index (χ2n) is 24.6. The number of aliphatic hydroxyl groups is 2. The number of hydrogen-bond donors (Lipinski definition) is 3. The first-order chi connectivity index (χ1) is 38.5. The lowest BCUT2D eigenvalue weighted by molar-refractivity contribution is -0.143. The highest BCUT2D eigenvalue weighted by atomic mass is 16.5. The smallest absolute Gasteiger partial charge is 0.305 e. The predicted molar refractivity (Wildman–Crippen MR) is 343 cm³/mol. The van der Waals surface area contributed by atoms with Crippen LogP contribution in [-0.4, -0.2) is 47.4 Å². The number of allylic oxidation sites excluding steroid dienone is 3. The van der Waals surface area contributed by atoms with Crippen molar-refractivity contribution < 1.29 is 24.5 Å². The first-order valence-electron chi connectivity index (χ1n) is 35.6. The Morgan fingerprint density at radius 1 is 0.346 bits per heavy atom. The number of rotatable bonds is 67. The predicted octanol–water partition coefficient (Wildman–Crippen LogP) is 22.9. The van der Waals surface area contributed by atoms with Crippen molar-refractivity contribution in [3.8, 4) is 0 Å². The van der Waals surface area contributed by atoms with E-state index < -0.39 is 12.1 Å². The fourth-order valence-corrected chi connectivity index (χ4v) is 11.3. The molecule has 2 unspecified atom stereocenters. The third-order valence-corrected chi connectivity index (χ3v) is 16.7. The van der Waals surface area contributed by atoms with Gasteiger partial charge < -0.3 is 20.3 Å². The molecule has 1 amide bonds. The number of nitrogens with one attached hydrogen (secondary N) is 1. The van der Waals surface area contributed by atoms with Crippen LogP contribution in [-0.2, 0) is 14.3 Å². The molecule has 0 aromatic rings. The second kappa shape index (κ2) is 67.8. The molecule has 0 fully saturated rings. The van der Waals surface area contributed by atoms with Gasteiger partial charge in [-0.15, -0.1) is 0 Å². The molecular weight excluding hydrogens is 959 g/mol. The fourth-order valence-electron chi connectivity index (χ4n) is 11.3. The maximum absolute atomic E-state index is 12.5. The molecular formula is C72H139NO5. The van der Waals surface area contributed by atoms with E-state index in [9.17, 15) is 19.8 Å². The van der Waals surface area contributed by atoms with E-state index >= 15 is 0 Å². The second-order valence-corrected chi connectivity index (χ2v) is 24.6. The number of hydrogen-bond acceptors (Lipinski definition) is 5. The molecule has 6 nitrogen and oxygen atoms in total. The van der Waals surface area contributed by atoms with E-state index in [1.807, 2.05) is 6.08 Å². The molecule has 0 bridgehead atoms. The highest BCUT2D eigenvalue weighted by Gasteiger charge is 2.18. The van der Waals surface area contributed by atoms with Crippen LogP contribution in [0.2, 0.25) is 0 Å². The Labute approximate surface area is 488 Å². The standard InChI is InChI=1S/C72H139NO5/c1-3-5-7-9-11-13-15-17-18-19-20-21-29-32-35-38-41-44-48-52-56-60-64-70(75)69(68-74)73-71(76)65-61-57-53-49-45-42-39-36-33-30-27-25-23-22-24-26-28-31-34-37-40-43-47-51-55-59-63-67-78-72(77)66-62-58-54-50-46-16-14-12-10-8-6-4-2/h22-23,60,64,69-70,74-75H,3-21,24-59,61-63,65-68H2,1-2H3,(H,73,76)/b23-22-,64-60+. The molecule has 462 valence electrons. The molecule has 2 atom stereocenters. The van der Waals surface area contributed by atoms with Crippen LogP contribution in [0.5, 0.6) is 0 Å². The van der Waals surface area contributed by atoms with Gasteiger partial charge in [-0.25, -0.2) is 0 Å². The Balaban J connectivity index is 3.41. The van der Waals surface area contributed by atoms with E-state index in [2.05, 4.69) is 31.3 Å². The summed E-state index contributed by atoms with van der Waals surface area (Å²) in [4.78, 5) is 24.6. The van der Waals surface area contributed by atoms with Crippen molar-refractivity contribution in [3.05, 3.63) is 24.3 Å². The Kier molecular flexibility index (Phi) is 66.4. The van der Waals surface area contributed by atoms with Gasteiger partial charge in [-0.3, -0.25) is 9.59 Å². The topological polar surface area (TPSA) is 95.9 Å². The Morgan fingerprint density at radius 2 is 0.603 bits per heavy atom. The van der Waals surface area contributed by atoms with E-state index in [4.69, 9.17) is 4.74 Å². The minimum absolute atomic E-state index is 0.0161. The minimum Gasteiger partial charge on any atom is -0.466 e. The summed E-state index contributed by atoms with van der Waals surface area (Å²) in [6.07, 6.45) is 85.4. The lowest BCUT2D eigenvalue weighted by Crippen LogP contribution is -2.45. The Hall–Kier alpha value is -1.66. The monoisotopic (exact) mass is 1100 g/mol. The van der Waals surface area contributed by atoms with Gasteiger partial charge in [-0.1, -0.05) is 353 Å². The van der Waals surface area contributed by atoms with E-state index in [0.29, 0.717) is 19.4 Å². The van der Waals surface area contributed by atoms with E-state index in [-0.39, 0.29) is 18.5 Å². The largest absolute Gasteiger partial charge is 0.466 e. The van der Waals surface area contributed by atoms with E-state index in [1.165, 1.54) is 334 Å². The SMILES string of the molecule is CCCCCCCCCCCCCCCCCCCCCC/C=C/C(O)C(CO)NC(=O)CCCCCCCCCCCCC/C=C\CCCCCCCCCCCCCCOC(=O)CCCCCCCCCCCCCC. The van der Waals surface area contributed by atoms with Crippen molar-refractivity contribution in [2.45, 2.75) is 411 Å². The van der Waals surface area contributed by atoms with Crippen molar-refractivity contribution in [1.29, 1.82) is 0 Å². The molecule has 0 saturated carbocycles. The zero-order valence-electron chi connectivity index (χ0n) is 52.9. The maximum Gasteiger partial charge on any atom is 0.305 e. The molecule has 0 aliphatic heterocycles. The summed E-state index contributed by atoms with van der Waals surface area (Å²) in [7, 11) is 0. The van der Waals surface area contributed by atoms with Gasteiger partial charge in [0, 0.05) is 12.8 Å². The van der Waals surface area contributed by atoms with Crippen molar-refractivity contribution in [2.75, 3.05) is 13.2 Å². The molecule has 0 aromatic heterocycles. The number of aliphatic hydroxyl groups excluding tert-OH is 2. The lowest BCUT2D eigenvalue weighted by atomic mass is 10.0. The summed E-state index contributed by atoms with van der Waals surface area (Å²) in [6.45, 7) is 4.94. The molecule has 0 aromatic carbocycles. The number of ether oxygens (including phenoxy) is 1. The minimum atomic E-state index is -0.846. The van der Waals surface area contributed by atoms with Crippen LogP contribution in [0.15, 0.2) is 24.3 Å². The summed E-state index contributed by atoms with van der Waals surface area (Å²) < 4.78 is 5.48. The van der Waals surface area contributed by atoms with Gasteiger partial charge in [-0.05, 0) is 57.8 Å². The fraction of sp³-hybridized carbons (Fsp3) is 0.917. The van der Waals surface area contributed by atoms with Crippen LogP contribution in [0, 0.1) is 0 Å². The molecule has 6 heteroatoms. The molecule has 0 aliphatic rings. The average molecular weight is 1100 g/mol. The number of carbonyl (C=O) groups excluding carboxylic acids is 2. The van der Waals surface area contributed by atoms with Gasteiger partial charge in [0.1, 0.15) is 0 Å². The van der Waals surface area contributed by atoms with Gasteiger partial charge in [0.15, 0.2) is 0 Å². The average Bonchev–Trinajstić information content (AvgIpc) is 3.44. The molecule has 3 N–H and O–H groups in total. The van der Waals surface area contributed by atoms with Crippen LogP contribution < -0.4 is 5.32 Å². The quantitative estimate of drug-likeness (QED) is 0.0320. The van der Waals surface area contributed by atoms with Gasteiger partial charge in [0.05, 0.1) is 25.4 Å². The number of unbranched alkanes of at least 4 members (excludes halogenated alkanes) is 54. The molecule has 78 heavy (non-hydrogen) atoms. The highest BCUT2D eigenvalue weighted by molar-refractivity contribution is 5.76. The zero-order chi connectivity index (χ0) is 56.4. The van der Waals surface area contributed by atoms with Gasteiger partial charge >= 0.3 is 5.97 Å². The summed E-state index contributed by atoms with van der Waals surface area (Å²) in [6, 6.07) is -0.629. The van der Waals surface area contributed by atoms with E-state index in [1.54, 1.807) is 6.08 Å². The summed E-state index contributed by atoms with van der Waals surface area (Å²) >= 11 is 0. The van der Waals surface area contributed by atoms with Gasteiger partial charge in [-0.2, -0.15) is 0 Å². The summed E-state index contributed by atoms with van der Waals surface area (Å²) in [5, 5.41) is 23.3. The number of carbonyl (C=O) groups is 2. The number of esters is 1. The van der Waals surface area contributed by atoms with Crippen LogP contribution >= 0.6 is 0 Å². The molecule has 0 rings (SSSR count). The molecule has 0 heterocycles. The third kappa shape index (κ3) is 63.5. The van der Waals surface area contributed by atoms with Gasteiger partial charge in [0.25, 0.3) is 0 Å². The van der Waals surface area contributed by atoms with Crippen LogP contribution in [0.3, 0.4) is 0 Å². The maximum atomic E-state index is 12.5. The van der Waals surface area contributed by atoms with Crippen LogP contribution in [0.25, 0.3) is 0 Å². The Morgan fingerprint density at radius 3 is 0.910 bits per heavy atom. The third-order valence-electron chi connectivity index (χ3n) is 16.7. The first-order valence-corrected chi connectivity index (χ1v) is 35.6. The van der Waals surface area contributed by atoms with Crippen LogP contribution in [0.1, 0.15) is 399 Å². The summed E-state index contributed by atoms with van der Waals surface area (Å²) in [5.74, 6) is -0.0484. The molecule has 0 aliphatic carbocycles. The van der Waals surface area contributed by atoms with Crippen molar-refractivity contribution >= 4 is 11.9 Å². The molecule has 0 spiro atoms. The van der Waals surface area contributed by atoms with Gasteiger partial charge in [0.2, 0.25) is 5.91 Å². The Bertz CT molecular complexity index is 1220. The highest BCUT2D eigenvalue weighted by Crippen LogP contribution is 2.19. The molecule has 0 radical (unpaired) electrons. The normalized spacial score (nSPS) is 12.6. The summed E-state index contributed by atoms with van der Waals surface area (Å²) in [5.41, 5.74) is 0. The zero-order valence-corrected chi connectivity index (χ0v) is 52.9. The number of amides is 1. The van der Waals surface area contributed by atoms with Crippen LogP contribution in [0.4, 0.5) is 0 Å². The van der Waals surface area contributed by atoms with Crippen molar-refractivity contribution in [2.24, 2.45) is 0 Å². The first kappa shape index (κ1) is 76.3. The van der Waals surface area contributed by atoms with E-state index in [0.717, 1.165) is 38.5 Å². The van der Waals surface area contributed by atoms with Crippen molar-refractivity contribution in [3.63, 3.8) is 0 Å². The lowest BCUT2D eigenvalue weighted by Gasteiger charge is -2.20. The molecule has 0 saturated heterocycles.